The van der Waals surface area contributed by atoms with Crippen LogP contribution in [0.25, 0.3) is 11.0 Å². The lowest BCUT2D eigenvalue weighted by Crippen LogP contribution is -2.24. The zero-order chi connectivity index (χ0) is 14.7. The summed E-state index contributed by atoms with van der Waals surface area (Å²) in [5.41, 5.74) is 1.02. The van der Waals surface area contributed by atoms with Crippen molar-refractivity contribution in [3.8, 4) is 0 Å². The van der Waals surface area contributed by atoms with E-state index < -0.39 is 12.7 Å². The van der Waals surface area contributed by atoms with Crippen molar-refractivity contribution in [1.82, 2.24) is 14.5 Å². The second kappa shape index (κ2) is 6.28. The molecule has 0 spiro atoms. The second-order valence-electron chi connectivity index (χ2n) is 5.04. The molecule has 0 bridgehead atoms. The Bertz CT molecular complexity index is 569. The molecule has 6 heteroatoms. The van der Waals surface area contributed by atoms with E-state index >= 15 is 0 Å². The van der Waals surface area contributed by atoms with Crippen molar-refractivity contribution in [1.29, 1.82) is 0 Å². The number of nitrogens with zero attached hydrogens (tertiary/aromatic N) is 3. The van der Waals surface area contributed by atoms with Crippen LogP contribution in [0.4, 0.5) is 8.78 Å². The maximum Gasteiger partial charge on any atom is 0.320 e. The highest BCUT2D eigenvalue weighted by atomic mass is 19.3. The normalized spacial score (nSPS) is 13.6. The quantitative estimate of drug-likeness (QED) is 0.886. The lowest BCUT2D eigenvalue weighted by molar-refractivity contribution is 0.0685. The maximum atomic E-state index is 13.2. The molecule has 1 aromatic carbocycles. The van der Waals surface area contributed by atoms with Crippen molar-refractivity contribution in [2.75, 3.05) is 13.6 Å². The van der Waals surface area contributed by atoms with Gasteiger partial charge >= 0.3 is 6.55 Å². The molecule has 1 N–H and O–H groups in total. The van der Waals surface area contributed by atoms with Gasteiger partial charge in [-0.25, -0.2) is 4.98 Å². The average molecular weight is 283 g/mol. The van der Waals surface area contributed by atoms with Gasteiger partial charge in [-0.1, -0.05) is 12.1 Å². The van der Waals surface area contributed by atoms with Gasteiger partial charge in [-0.3, -0.25) is 9.47 Å². The van der Waals surface area contributed by atoms with Crippen molar-refractivity contribution in [3.63, 3.8) is 0 Å². The standard InChI is InChI=1S/C14H19F2N3O/c1-10(20)7-8-18(2)9-13-17-11-5-3-4-6-12(11)19(13)14(15)16/h3-6,10,14,20H,7-9H2,1-2H3. The highest BCUT2D eigenvalue weighted by Crippen LogP contribution is 2.23. The highest BCUT2D eigenvalue weighted by molar-refractivity contribution is 5.75. The number of imidazole rings is 1. The summed E-state index contributed by atoms with van der Waals surface area (Å²) in [5, 5.41) is 9.26. The summed E-state index contributed by atoms with van der Waals surface area (Å²) in [6, 6.07) is 6.89. The van der Waals surface area contributed by atoms with E-state index in [0.717, 1.165) is 4.57 Å². The summed E-state index contributed by atoms with van der Waals surface area (Å²) in [5.74, 6) is 0.342. The van der Waals surface area contributed by atoms with Crippen molar-refractivity contribution in [2.45, 2.75) is 32.5 Å². The number of para-hydroxylation sites is 2. The molecule has 0 amide bonds. The van der Waals surface area contributed by atoms with Crippen LogP contribution in [0, 0.1) is 0 Å². The number of fused-ring (bicyclic) bond motifs is 1. The number of hydrogen-bond acceptors (Lipinski definition) is 3. The average Bonchev–Trinajstić information content (AvgIpc) is 2.74. The highest BCUT2D eigenvalue weighted by Gasteiger charge is 2.18. The Morgan fingerprint density at radius 2 is 2.05 bits per heavy atom. The van der Waals surface area contributed by atoms with Crippen molar-refractivity contribution in [2.24, 2.45) is 0 Å². The Kier molecular flexibility index (Phi) is 4.67. The van der Waals surface area contributed by atoms with Gasteiger partial charge in [0.25, 0.3) is 0 Å². The summed E-state index contributed by atoms with van der Waals surface area (Å²) < 4.78 is 27.4. The van der Waals surface area contributed by atoms with Gasteiger partial charge in [0.1, 0.15) is 5.82 Å². The third kappa shape index (κ3) is 3.32. The van der Waals surface area contributed by atoms with E-state index in [1.54, 1.807) is 31.2 Å². The predicted molar refractivity (Wildman–Crippen MR) is 73.6 cm³/mol. The van der Waals surface area contributed by atoms with E-state index in [4.69, 9.17) is 0 Å². The molecule has 4 nitrogen and oxygen atoms in total. The first kappa shape index (κ1) is 14.9. The lowest BCUT2D eigenvalue weighted by Gasteiger charge is -2.18. The number of alkyl halides is 2. The van der Waals surface area contributed by atoms with Crippen molar-refractivity contribution in [3.05, 3.63) is 30.1 Å². The summed E-state index contributed by atoms with van der Waals surface area (Å²) in [6.07, 6.45) is 0.206. The number of aliphatic hydroxyl groups excluding tert-OH is 1. The van der Waals surface area contributed by atoms with Gasteiger partial charge in [-0.2, -0.15) is 8.78 Å². The number of aromatic nitrogens is 2. The van der Waals surface area contributed by atoms with E-state index in [1.165, 1.54) is 0 Å². The van der Waals surface area contributed by atoms with Crippen LogP contribution in [0.5, 0.6) is 0 Å². The third-order valence-electron chi connectivity index (χ3n) is 3.20. The number of halogens is 2. The van der Waals surface area contributed by atoms with Gasteiger partial charge in [-0.15, -0.1) is 0 Å². The number of aliphatic hydroxyl groups is 1. The molecule has 0 fully saturated rings. The summed E-state index contributed by atoms with van der Waals surface area (Å²) in [7, 11) is 1.83. The molecule has 2 aromatic rings. The van der Waals surface area contributed by atoms with Crippen LogP contribution < -0.4 is 0 Å². The summed E-state index contributed by atoms with van der Waals surface area (Å²) in [4.78, 5) is 6.16. The van der Waals surface area contributed by atoms with Crippen molar-refractivity contribution >= 4 is 11.0 Å². The van der Waals surface area contributed by atoms with E-state index in [-0.39, 0.29) is 0 Å². The van der Waals surface area contributed by atoms with Crippen LogP contribution in [-0.2, 0) is 6.54 Å². The van der Waals surface area contributed by atoms with Crippen LogP contribution in [0.3, 0.4) is 0 Å². The number of rotatable bonds is 6. The minimum Gasteiger partial charge on any atom is -0.393 e. The van der Waals surface area contributed by atoms with Gasteiger partial charge in [0.05, 0.1) is 23.7 Å². The molecule has 1 aromatic heterocycles. The molecule has 0 saturated heterocycles. The molecule has 1 unspecified atom stereocenters. The van der Waals surface area contributed by atoms with Crippen LogP contribution in [0.1, 0.15) is 25.7 Å². The molecule has 0 radical (unpaired) electrons. The Morgan fingerprint density at radius 1 is 1.35 bits per heavy atom. The fraction of sp³-hybridized carbons (Fsp3) is 0.500. The Labute approximate surface area is 116 Å². The minimum atomic E-state index is -2.61. The van der Waals surface area contributed by atoms with Crippen LogP contribution >= 0.6 is 0 Å². The SMILES string of the molecule is CC(O)CCN(C)Cc1nc2ccccc2n1C(F)F. The van der Waals surface area contributed by atoms with Crippen LogP contribution in [-0.4, -0.2) is 39.3 Å². The van der Waals surface area contributed by atoms with Crippen molar-refractivity contribution < 1.29 is 13.9 Å². The maximum absolute atomic E-state index is 13.2. The largest absolute Gasteiger partial charge is 0.393 e. The van der Waals surface area contributed by atoms with E-state index in [9.17, 15) is 13.9 Å². The first-order valence-electron chi connectivity index (χ1n) is 6.59. The zero-order valence-electron chi connectivity index (χ0n) is 11.6. The van der Waals surface area contributed by atoms with Gasteiger partial charge in [0.15, 0.2) is 0 Å². The van der Waals surface area contributed by atoms with Crippen LogP contribution in [0.15, 0.2) is 24.3 Å². The first-order valence-corrected chi connectivity index (χ1v) is 6.59. The Balaban J connectivity index is 2.22. The third-order valence-corrected chi connectivity index (χ3v) is 3.20. The van der Waals surface area contributed by atoms with E-state index in [0.29, 0.717) is 36.4 Å². The van der Waals surface area contributed by atoms with E-state index in [1.807, 2.05) is 11.9 Å². The van der Waals surface area contributed by atoms with Gasteiger partial charge in [0.2, 0.25) is 0 Å². The van der Waals surface area contributed by atoms with E-state index in [2.05, 4.69) is 4.98 Å². The van der Waals surface area contributed by atoms with Gasteiger partial charge in [-0.05, 0) is 32.5 Å². The summed E-state index contributed by atoms with van der Waals surface area (Å²) >= 11 is 0. The molecule has 1 heterocycles. The van der Waals surface area contributed by atoms with Crippen LogP contribution in [0.2, 0.25) is 0 Å². The predicted octanol–water partition coefficient (Wildman–Crippen LogP) is 2.63. The molecule has 0 aliphatic heterocycles. The lowest BCUT2D eigenvalue weighted by atomic mass is 10.3. The molecular weight excluding hydrogens is 264 g/mol. The Morgan fingerprint density at radius 3 is 2.70 bits per heavy atom. The number of benzene rings is 1. The molecule has 0 aliphatic rings. The topological polar surface area (TPSA) is 41.3 Å². The fourth-order valence-corrected chi connectivity index (χ4v) is 2.15. The molecule has 0 aliphatic carbocycles. The second-order valence-corrected chi connectivity index (χ2v) is 5.04. The molecule has 20 heavy (non-hydrogen) atoms. The molecule has 110 valence electrons. The summed E-state index contributed by atoms with van der Waals surface area (Å²) in [6.45, 7) is 0.0560. The smallest absolute Gasteiger partial charge is 0.320 e. The molecule has 2 rings (SSSR count). The van der Waals surface area contributed by atoms with Gasteiger partial charge in [0, 0.05) is 6.54 Å². The Hall–Kier alpha value is -1.53. The zero-order valence-corrected chi connectivity index (χ0v) is 11.6. The number of hydrogen-bond donors (Lipinski definition) is 1. The van der Waals surface area contributed by atoms with Gasteiger partial charge < -0.3 is 5.11 Å². The first-order chi connectivity index (χ1) is 9.49. The molecule has 0 saturated carbocycles. The molecule has 1 atom stereocenters. The fourth-order valence-electron chi connectivity index (χ4n) is 2.15. The minimum absolute atomic E-state index is 0.325. The monoisotopic (exact) mass is 283 g/mol. The molecular formula is C14H19F2N3O.